The Balaban J connectivity index is 1.22. The highest BCUT2D eigenvalue weighted by Gasteiger charge is 2.49. The van der Waals surface area contributed by atoms with Crippen LogP contribution in [0.1, 0.15) is 160 Å². The number of rotatable bonds is 2. The third-order valence-electron chi connectivity index (χ3n) is 17.7. The number of aryl methyl sites for hydroxylation is 2. The van der Waals surface area contributed by atoms with Crippen molar-refractivity contribution < 1.29 is 0 Å². The standard InChI is InChI=1S/C61H67BN2S/c1-35-25-51-55-52(26-35)64(48-31-45-40(27-36(48)2)60(11,12)34-61(45,13)14)50-33-44-42(57(5,6)22-24-59(44,9)10)30-47(50)62(55)46-29-41-43(58(7,8)23-21-56(41,3)4)32-49(46)63(51)37-19-20-39-38-17-15-16-18-53(38)65-54(39)28-37/h15-20,25-33H,21-24,34H2,1-14H3. The number of benzene rings is 6. The molecule has 3 aliphatic carbocycles. The van der Waals surface area contributed by atoms with Gasteiger partial charge in [0.25, 0.3) is 6.71 Å². The Morgan fingerprint density at radius 2 is 0.892 bits per heavy atom. The van der Waals surface area contributed by atoms with Crippen LogP contribution in [0.25, 0.3) is 20.2 Å². The second-order valence-electron chi connectivity index (χ2n) is 25.2. The van der Waals surface area contributed by atoms with Gasteiger partial charge in [-0.25, -0.2) is 0 Å². The molecule has 330 valence electrons. The van der Waals surface area contributed by atoms with E-state index in [1.165, 1.54) is 141 Å². The molecule has 0 saturated heterocycles. The Bertz CT molecular complexity index is 3240. The van der Waals surface area contributed by atoms with E-state index < -0.39 is 0 Å². The summed E-state index contributed by atoms with van der Waals surface area (Å²) < 4.78 is 2.69. The van der Waals surface area contributed by atoms with Crippen molar-refractivity contribution in [1.82, 2.24) is 0 Å². The molecule has 65 heavy (non-hydrogen) atoms. The van der Waals surface area contributed by atoms with Crippen molar-refractivity contribution in [2.45, 2.75) is 162 Å². The number of anilines is 6. The second-order valence-corrected chi connectivity index (χ2v) is 26.3. The first-order chi connectivity index (χ1) is 30.5. The van der Waals surface area contributed by atoms with Gasteiger partial charge in [0.2, 0.25) is 0 Å². The quantitative estimate of drug-likeness (QED) is 0.160. The van der Waals surface area contributed by atoms with Crippen LogP contribution in [0.4, 0.5) is 34.1 Å². The van der Waals surface area contributed by atoms with Crippen molar-refractivity contribution in [2.75, 3.05) is 9.80 Å². The van der Waals surface area contributed by atoms with Gasteiger partial charge in [-0.3, -0.25) is 0 Å². The minimum absolute atomic E-state index is 0.0718. The van der Waals surface area contributed by atoms with E-state index in [0.717, 1.165) is 6.42 Å². The van der Waals surface area contributed by atoms with Gasteiger partial charge >= 0.3 is 0 Å². The van der Waals surface area contributed by atoms with E-state index in [9.17, 15) is 0 Å². The van der Waals surface area contributed by atoms with E-state index in [-0.39, 0.29) is 39.2 Å². The fourth-order valence-corrected chi connectivity index (χ4v) is 15.1. The molecule has 0 fully saturated rings. The first-order valence-electron chi connectivity index (χ1n) is 24.7. The zero-order valence-electron chi connectivity index (χ0n) is 41.6. The van der Waals surface area contributed by atoms with Crippen molar-refractivity contribution in [3.8, 4) is 0 Å². The van der Waals surface area contributed by atoms with Gasteiger partial charge in [0.05, 0.1) is 0 Å². The van der Waals surface area contributed by atoms with Crippen LogP contribution in [0.3, 0.4) is 0 Å². The fourth-order valence-electron chi connectivity index (χ4n) is 14.0. The fraction of sp³-hybridized carbons (Fsp3) is 0.410. The van der Waals surface area contributed by atoms with Crippen molar-refractivity contribution in [3.63, 3.8) is 0 Å². The first-order valence-corrected chi connectivity index (χ1v) is 25.5. The SMILES string of the molecule is Cc1cc2c3c(c1)N(c1cc4c(cc1C)C(C)(C)CC4(C)C)c1cc4c(cc1B3c1cc3c(cc1N2c1ccc2c(c1)sc1ccccc12)C(C)(C)CCC3(C)C)C(C)(C)CCC4(C)C. The molecule has 2 nitrogen and oxygen atoms in total. The summed E-state index contributed by atoms with van der Waals surface area (Å²) in [7, 11) is 0. The number of hydrogen-bond donors (Lipinski definition) is 0. The molecule has 0 bridgehead atoms. The molecule has 4 heteroatoms. The van der Waals surface area contributed by atoms with Crippen molar-refractivity contribution in [3.05, 3.63) is 136 Å². The Morgan fingerprint density at radius 3 is 1.48 bits per heavy atom. The minimum atomic E-state index is 0.0718. The van der Waals surface area contributed by atoms with E-state index in [1.54, 1.807) is 0 Å². The lowest BCUT2D eigenvalue weighted by atomic mass is 9.32. The maximum absolute atomic E-state index is 2.75. The summed E-state index contributed by atoms with van der Waals surface area (Å²) in [5.74, 6) is 0. The highest BCUT2D eigenvalue weighted by Crippen LogP contribution is 2.56. The van der Waals surface area contributed by atoms with Crippen LogP contribution < -0.4 is 26.2 Å². The van der Waals surface area contributed by atoms with Crippen LogP contribution >= 0.6 is 11.3 Å². The summed E-state index contributed by atoms with van der Waals surface area (Å²) in [6, 6.07) is 37.3. The zero-order valence-corrected chi connectivity index (χ0v) is 42.4. The van der Waals surface area contributed by atoms with Gasteiger partial charge in [-0.2, -0.15) is 0 Å². The molecule has 3 heterocycles. The lowest BCUT2D eigenvalue weighted by Crippen LogP contribution is -2.62. The summed E-state index contributed by atoms with van der Waals surface area (Å²) in [5.41, 5.74) is 24.6. The molecule has 0 N–H and O–H groups in total. The summed E-state index contributed by atoms with van der Waals surface area (Å²) in [5, 5.41) is 2.69. The van der Waals surface area contributed by atoms with Crippen LogP contribution in [-0.2, 0) is 32.5 Å². The number of hydrogen-bond acceptors (Lipinski definition) is 3. The highest BCUT2D eigenvalue weighted by molar-refractivity contribution is 7.25. The lowest BCUT2D eigenvalue weighted by Gasteiger charge is -2.49. The number of nitrogens with zero attached hydrogens (tertiary/aromatic N) is 2. The maximum atomic E-state index is 2.75. The molecule has 0 spiro atoms. The molecule has 5 aliphatic rings. The molecule has 0 saturated carbocycles. The van der Waals surface area contributed by atoms with Gasteiger partial charge in [0, 0.05) is 54.3 Å². The average Bonchev–Trinajstić information content (AvgIpc) is 3.69. The van der Waals surface area contributed by atoms with E-state index in [0.29, 0.717) is 0 Å². The summed E-state index contributed by atoms with van der Waals surface area (Å²) in [6.07, 6.45) is 5.91. The highest BCUT2D eigenvalue weighted by atomic mass is 32.1. The number of thiophene rings is 1. The summed E-state index contributed by atoms with van der Waals surface area (Å²) in [4.78, 5) is 5.44. The van der Waals surface area contributed by atoms with Gasteiger partial charge < -0.3 is 9.80 Å². The molecule has 0 amide bonds. The van der Waals surface area contributed by atoms with Crippen LogP contribution in [0.15, 0.2) is 91.0 Å². The van der Waals surface area contributed by atoms with E-state index in [2.05, 4.69) is 198 Å². The molecule has 7 aromatic rings. The van der Waals surface area contributed by atoms with Crippen molar-refractivity contribution in [2.24, 2.45) is 0 Å². The van der Waals surface area contributed by atoms with Crippen molar-refractivity contribution in [1.29, 1.82) is 0 Å². The van der Waals surface area contributed by atoms with E-state index in [1.807, 2.05) is 11.3 Å². The predicted octanol–water partition coefficient (Wildman–Crippen LogP) is 15.4. The summed E-state index contributed by atoms with van der Waals surface area (Å²) >= 11 is 1.92. The molecule has 0 unspecified atom stereocenters. The Kier molecular flexibility index (Phi) is 8.33. The molecule has 0 atom stereocenters. The van der Waals surface area contributed by atoms with Gasteiger partial charge in [-0.15, -0.1) is 11.3 Å². The van der Waals surface area contributed by atoms with E-state index in [4.69, 9.17) is 0 Å². The van der Waals surface area contributed by atoms with Crippen LogP contribution in [0.2, 0.25) is 0 Å². The van der Waals surface area contributed by atoms with Crippen molar-refractivity contribution >= 4 is 88.7 Å². The van der Waals surface area contributed by atoms with Crippen LogP contribution in [-0.4, -0.2) is 6.71 Å². The topological polar surface area (TPSA) is 6.48 Å². The maximum Gasteiger partial charge on any atom is 0.252 e. The largest absolute Gasteiger partial charge is 0.311 e. The molecule has 6 aromatic carbocycles. The lowest BCUT2D eigenvalue weighted by molar-refractivity contribution is 0.332. The second kappa shape index (κ2) is 13.0. The molecule has 0 radical (unpaired) electrons. The monoisotopic (exact) mass is 871 g/mol. The molecule has 12 rings (SSSR count). The summed E-state index contributed by atoms with van der Waals surface area (Å²) in [6.45, 7) is 34.7. The Labute approximate surface area is 393 Å². The Morgan fingerprint density at radius 1 is 0.431 bits per heavy atom. The molecule has 2 aliphatic heterocycles. The average molecular weight is 871 g/mol. The predicted molar refractivity (Wildman–Crippen MR) is 284 cm³/mol. The Hall–Kier alpha value is -4.80. The third kappa shape index (κ3) is 5.77. The van der Waals surface area contributed by atoms with Crippen LogP contribution in [0, 0.1) is 13.8 Å². The molecular formula is C61H67BN2S. The normalized spacial score (nSPS) is 20.8. The smallest absolute Gasteiger partial charge is 0.252 e. The molecule has 1 aromatic heterocycles. The number of fused-ring (bicyclic) bond motifs is 10. The zero-order chi connectivity index (χ0) is 45.7. The van der Waals surface area contributed by atoms with Gasteiger partial charge in [-0.1, -0.05) is 126 Å². The van der Waals surface area contributed by atoms with Crippen LogP contribution in [0.5, 0.6) is 0 Å². The van der Waals surface area contributed by atoms with Gasteiger partial charge in [0.1, 0.15) is 0 Å². The van der Waals surface area contributed by atoms with Gasteiger partial charge in [0.15, 0.2) is 0 Å². The van der Waals surface area contributed by atoms with Gasteiger partial charge in [-0.05, 0) is 188 Å². The third-order valence-corrected chi connectivity index (χ3v) is 18.8. The minimum Gasteiger partial charge on any atom is -0.311 e. The molecular weight excluding hydrogens is 804 g/mol. The van der Waals surface area contributed by atoms with E-state index >= 15 is 0 Å². The first kappa shape index (κ1) is 41.6.